The minimum atomic E-state index is -1.24. The first-order chi connectivity index (χ1) is 27.8. The second-order valence-electron chi connectivity index (χ2n) is 13.8. The summed E-state index contributed by atoms with van der Waals surface area (Å²) < 4.78 is 25.9. The standard InChI is InChI=1S/2C25H16O2P.Fe/c2*1-5-11-20-17(7-1)13-15-22-24(20)25-21-12-6-2-8-18(21)14-16-23(25)27-28(26-22)19-9-3-4-10-19;/h2*1-16H;/q;;+2. The quantitative estimate of drug-likeness (QED) is 0.163. The predicted molar refractivity (Wildman–Crippen MR) is 234 cm³/mol. The monoisotopic (exact) mass is 814 g/mol. The van der Waals surface area contributed by atoms with Crippen molar-refractivity contribution in [3.63, 3.8) is 0 Å². The number of rotatable bonds is 2. The molecule has 0 spiro atoms. The van der Waals surface area contributed by atoms with Gasteiger partial charge < -0.3 is 16.8 Å². The van der Waals surface area contributed by atoms with Crippen LogP contribution >= 0.6 is 16.0 Å². The summed E-state index contributed by atoms with van der Waals surface area (Å²) in [6.07, 6.45) is 16.4. The van der Waals surface area contributed by atoms with Gasteiger partial charge in [0.05, 0.1) is 11.3 Å². The Kier molecular flexibility index (Phi) is 9.89. The molecule has 10 aromatic rings. The van der Waals surface area contributed by atoms with Gasteiger partial charge in [0.15, 0.2) is 0 Å². The molecule has 0 amide bonds. The van der Waals surface area contributed by atoms with Crippen LogP contribution < -0.4 is 0 Å². The van der Waals surface area contributed by atoms with Crippen LogP contribution in [0.4, 0.5) is 0 Å². The second kappa shape index (κ2) is 15.5. The van der Waals surface area contributed by atoms with Crippen LogP contribution in [0.3, 0.4) is 0 Å². The van der Waals surface area contributed by atoms with Crippen molar-refractivity contribution < 1.29 is 33.9 Å². The van der Waals surface area contributed by atoms with Crippen LogP contribution in [0.2, 0.25) is 0 Å². The average Bonchev–Trinajstić information content (AvgIpc) is 3.94. The molecule has 10 radical (unpaired) electrons. The molecule has 2 aliphatic rings. The van der Waals surface area contributed by atoms with Crippen molar-refractivity contribution in [3.8, 4) is 0 Å². The zero-order valence-corrected chi connectivity index (χ0v) is 33.2. The summed E-state index contributed by atoms with van der Waals surface area (Å²) in [5.41, 5.74) is 5.66. The minimum absolute atomic E-state index is 0. The number of fused-ring (bicyclic) bond motifs is 14. The van der Waals surface area contributed by atoms with Crippen molar-refractivity contribution in [2.24, 2.45) is 0 Å². The summed E-state index contributed by atoms with van der Waals surface area (Å²) in [5, 5.41) is 14.0. The smallest absolute Gasteiger partial charge is 0.419 e. The van der Waals surface area contributed by atoms with Gasteiger partial charge in [0, 0.05) is 21.5 Å². The Hall–Kier alpha value is -4.88. The van der Waals surface area contributed by atoms with Crippen LogP contribution in [0.15, 0.2) is 162 Å². The zero-order valence-electron chi connectivity index (χ0n) is 30.4. The van der Waals surface area contributed by atoms with Crippen molar-refractivity contribution in [2.45, 2.75) is 0 Å². The van der Waals surface area contributed by atoms with Crippen molar-refractivity contribution in [1.29, 1.82) is 0 Å². The molecular weight excluding hydrogens is 782 g/mol. The average molecular weight is 815 g/mol. The molecule has 0 aliphatic heterocycles. The molecule has 2 aliphatic carbocycles. The van der Waals surface area contributed by atoms with E-state index in [9.17, 15) is 0 Å². The molecular formula is C50H32FeO4P2+2. The Morgan fingerprint density at radius 1 is 0.281 bits per heavy atom. The van der Waals surface area contributed by atoms with Gasteiger partial charge in [-0.2, -0.15) is 0 Å². The van der Waals surface area contributed by atoms with Gasteiger partial charge in [0.1, 0.15) is 22.3 Å². The molecule has 0 unspecified atom stereocenters. The van der Waals surface area contributed by atoms with Gasteiger partial charge in [-0.15, -0.1) is 0 Å². The number of benzene rings is 8. The van der Waals surface area contributed by atoms with E-state index >= 15 is 0 Å². The second-order valence-corrected chi connectivity index (χ2v) is 16.6. The first kappa shape index (κ1) is 36.5. The van der Waals surface area contributed by atoms with E-state index in [0.29, 0.717) is 0 Å². The summed E-state index contributed by atoms with van der Waals surface area (Å²) in [5.74, 6) is 0. The molecule has 2 fully saturated rings. The first-order valence-electron chi connectivity index (χ1n) is 18.6. The summed E-state index contributed by atoms with van der Waals surface area (Å²) >= 11 is 0. The molecule has 8 aromatic carbocycles. The van der Waals surface area contributed by atoms with Crippen molar-refractivity contribution in [2.75, 3.05) is 0 Å². The van der Waals surface area contributed by atoms with E-state index < -0.39 is 16.0 Å². The Bertz CT molecular complexity index is 2780. The Morgan fingerprint density at radius 2 is 0.526 bits per heavy atom. The molecule has 272 valence electrons. The molecule has 57 heavy (non-hydrogen) atoms. The van der Waals surface area contributed by atoms with Crippen LogP contribution in [-0.4, -0.2) is 0 Å². The molecule has 12 rings (SSSR count). The summed E-state index contributed by atoms with van der Waals surface area (Å²) in [7, 11) is -2.48. The first-order valence-corrected chi connectivity index (χ1v) is 21.0. The van der Waals surface area contributed by atoms with Crippen LogP contribution in [0.25, 0.3) is 87.0 Å². The van der Waals surface area contributed by atoms with Crippen LogP contribution in [0.1, 0.15) is 0 Å². The third-order valence-electron chi connectivity index (χ3n) is 10.5. The molecule has 0 bridgehead atoms. The summed E-state index contributed by atoms with van der Waals surface area (Å²) in [6.45, 7) is 0. The molecule has 0 saturated heterocycles. The fourth-order valence-electron chi connectivity index (χ4n) is 7.92. The largest absolute Gasteiger partial charge is 2.00 e. The fourth-order valence-corrected chi connectivity index (χ4v) is 10.6. The van der Waals surface area contributed by atoms with E-state index in [1.54, 1.807) is 0 Å². The van der Waals surface area contributed by atoms with Gasteiger partial charge >= 0.3 is 17.1 Å². The van der Waals surface area contributed by atoms with Gasteiger partial charge in [-0.3, -0.25) is 0 Å². The maximum Gasteiger partial charge on any atom is 2.00 e. The molecule has 2 saturated carbocycles. The number of hydrogen-bond acceptors (Lipinski definition) is 4. The molecule has 2 aromatic heterocycles. The van der Waals surface area contributed by atoms with E-state index in [-0.39, 0.29) is 17.1 Å². The summed E-state index contributed by atoms with van der Waals surface area (Å²) in [4.78, 5) is 0. The zero-order chi connectivity index (χ0) is 37.0. The third kappa shape index (κ3) is 6.56. The maximum absolute atomic E-state index is 6.48. The molecule has 0 N–H and O–H groups in total. The van der Waals surface area contributed by atoms with Crippen LogP contribution in [0, 0.1) is 62.7 Å². The van der Waals surface area contributed by atoms with Crippen LogP contribution in [0.5, 0.6) is 0 Å². The molecule has 4 nitrogen and oxygen atoms in total. The molecule has 2 heterocycles. The van der Waals surface area contributed by atoms with Crippen molar-refractivity contribution in [3.05, 3.63) is 208 Å². The van der Waals surface area contributed by atoms with E-state index in [1.165, 1.54) is 43.1 Å². The molecule has 0 atom stereocenters. The van der Waals surface area contributed by atoms with Gasteiger partial charge in [-0.1, -0.05) is 121 Å². The fraction of sp³-hybridized carbons (Fsp3) is 0. The Morgan fingerprint density at radius 3 is 0.789 bits per heavy atom. The normalized spacial score (nSPS) is 14.9. The van der Waals surface area contributed by atoms with Crippen molar-refractivity contribution >= 4 is 103 Å². The van der Waals surface area contributed by atoms with Gasteiger partial charge in [0.25, 0.3) is 0 Å². The predicted octanol–water partition coefficient (Wildman–Crippen LogP) is 15.6. The van der Waals surface area contributed by atoms with Gasteiger partial charge in [0.2, 0.25) is 16.0 Å². The topological polar surface area (TPSA) is 52.6 Å². The Labute approximate surface area is 343 Å². The van der Waals surface area contributed by atoms with Gasteiger partial charge in [-0.25, -0.2) is 0 Å². The van der Waals surface area contributed by atoms with Crippen LogP contribution in [-0.2, 0) is 17.1 Å². The van der Waals surface area contributed by atoms with Gasteiger partial charge in [-0.05, 0) is 119 Å². The van der Waals surface area contributed by atoms with E-state index in [4.69, 9.17) is 16.8 Å². The van der Waals surface area contributed by atoms with E-state index in [2.05, 4.69) is 171 Å². The van der Waals surface area contributed by atoms with E-state index in [0.717, 1.165) is 55.2 Å². The Balaban J connectivity index is 0.000000137. The molecule has 7 heteroatoms. The van der Waals surface area contributed by atoms with E-state index in [1.807, 2.05) is 25.7 Å². The SMILES string of the molecule is [CH]1[CH][CH][C](p2oc3ccc4ccccc4c3c3c(ccc4ccccc43)o2)[CH]1.[CH]1[CH][CH][C](p2oc3ccc4ccccc4c3c3c(ccc4ccccc43)o2)[CH]1.[Fe+2]. The van der Waals surface area contributed by atoms with Crippen molar-refractivity contribution in [1.82, 2.24) is 0 Å². The summed E-state index contributed by atoms with van der Waals surface area (Å²) in [6, 6.07) is 50.7. The number of hydrogen-bond donors (Lipinski definition) is 0. The maximum atomic E-state index is 6.48. The minimum Gasteiger partial charge on any atom is -0.419 e. The third-order valence-corrected chi connectivity index (χ3v) is 13.4.